The molecule has 272 valence electrons. The van der Waals surface area contributed by atoms with Gasteiger partial charge in [0, 0.05) is 50.6 Å². The smallest absolute Gasteiger partial charge is 0.418 e. The Kier molecular flexibility index (Phi) is 10.8. The van der Waals surface area contributed by atoms with Crippen LogP contribution in [0.2, 0.25) is 5.02 Å². The molecule has 6 rings (SSSR count). The molecule has 4 aliphatic rings. The molecule has 50 heavy (non-hydrogen) atoms. The summed E-state index contributed by atoms with van der Waals surface area (Å²) in [5.74, 6) is -1.65. The van der Waals surface area contributed by atoms with E-state index in [9.17, 15) is 32.8 Å². The van der Waals surface area contributed by atoms with Gasteiger partial charge in [0.25, 0.3) is 0 Å². The number of benzene rings is 2. The van der Waals surface area contributed by atoms with Crippen molar-refractivity contribution in [2.45, 2.75) is 63.2 Å². The molecular weight excluding hydrogens is 677 g/mol. The second-order valence-corrected chi connectivity index (χ2v) is 14.3. The van der Waals surface area contributed by atoms with Crippen molar-refractivity contribution < 1.29 is 36.9 Å². The minimum atomic E-state index is -4.76. The zero-order valence-electron chi connectivity index (χ0n) is 27.9. The first kappa shape index (κ1) is 36.2. The first-order chi connectivity index (χ1) is 23.8. The minimum absolute atomic E-state index is 0.0712. The van der Waals surface area contributed by atoms with E-state index in [2.05, 4.69) is 5.32 Å². The maximum absolute atomic E-state index is 14.1. The third-order valence-electron chi connectivity index (χ3n) is 10.8. The number of para-hydroxylation sites is 1. The van der Waals surface area contributed by atoms with Crippen molar-refractivity contribution in [2.75, 3.05) is 70.1 Å². The third-order valence-corrected chi connectivity index (χ3v) is 11.1. The van der Waals surface area contributed by atoms with Crippen LogP contribution in [0.3, 0.4) is 0 Å². The highest BCUT2D eigenvalue weighted by Gasteiger charge is 2.40. The highest BCUT2D eigenvalue weighted by atomic mass is 35.5. The van der Waals surface area contributed by atoms with E-state index in [0.717, 1.165) is 17.3 Å². The molecule has 3 saturated heterocycles. The minimum Gasteiger partial charge on any atom is -0.632 e. The van der Waals surface area contributed by atoms with Crippen molar-refractivity contribution >= 4 is 40.8 Å². The van der Waals surface area contributed by atoms with Crippen molar-refractivity contribution in [1.29, 1.82) is 0 Å². The number of likely N-dealkylation sites (tertiary alicyclic amines) is 1. The van der Waals surface area contributed by atoms with Crippen LogP contribution in [-0.2, 0) is 33.3 Å². The summed E-state index contributed by atoms with van der Waals surface area (Å²) in [6.45, 7) is 3.13. The number of nitrogens with zero attached hydrogens (tertiary/aromatic N) is 4. The average Bonchev–Trinajstić information content (AvgIpc) is 3.27. The number of alkyl halides is 3. The average molecular weight is 721 g/mol. The highest BCUT2D eigenvalue weighted by molar-refractivity contribution is 6.33. The van der Waals surface area contributed by atoms with Crippen LogP contribution in [-0.4, -0.2) is 108 Å². The van der Waals surface area contributed by atoms with Crippen LogP contribution in [0.1, 0.15) is 48.8 Å². The quantitative estimate of drug-likeness (QED) is 0.238. The lowest BCUT2D eigenvalue weighted by Gasteiger charge is -2.54. The van der Waals surface area contributed by atoms with Crippen molar-refractivity contribution in [2.24, 2.45) is 5.92 Å². The highest BCUT2D eigenvalue weighted by Crippen LogP contribution is 2.39. The van der Waals surface area contributed by atoms with Gasteiger partial charge in [0.1, 0.15) is 0 Å². The van der Waals surface area contributed by atoms with Gasteiger partial charge >= 0.3 is 12.2 Å². The standard InChI is InChI=1S/C35H44ClF3N6O5/c36-29-21-23(20-28(32(29)40)35(37,38)39)19-25(33(47)43-13-15-45(49,16-14-43)27-8-17-50-18-9-27)22-31(46)42-10-6-26(7-11-42)44-12-5-24-3-1-2-4-30(24)41-34(44)48/h1-4,20-21,25-27H,5-19,22,40H2,(H,41,48)/t25-/m0/s1. The van der Waals surface area contributed by atoms with Gasteiger partial charge in [0.2, 0.25) is 11.8 Å². The van der Waals surface area contributed by atoms with E-state index in [1.165, 1.54) is 6.07 Å². The Hall–Kier alpha value is -3.59. The van der Waals surface area contributed by atoms with Gasteiger partial charge in [0.05, 0.1) is 67.6 Å². The van der Waals surface area contributed by atoms with Gasteiger partial charge in [-0.05, 0) is 55.0 Å². The van der Waals surface area contributed by atoms with E-state index in [4.69, 9.17) is 22.1 Å². The number of nitrogens with one attached hydrogen (secondary N) is 1. The number of anilines is 2. The Morgan fingerprint density at radius 2 is 1.70 bits per heavy atom. The summed E-state index contributed by atoms with van der Waals surface area (Å²) >= 11 is 6.12. The maximum atomic E-state index is 14.1. The topological polar surface area (TPSA) is 131 Å². The number of carbonyl (C=O) groups excluding carboxylic acids is 3. The molecule has 0 saturated carbocycles. The van der Waals surface area contributed by atoms with Crippen LogP contribution in [0.5, 0.6) is 0 Å². The zero-order valence-corrected chi connectivity index (χ0v) is 28.7. The Bertz CT molecular complexity index is 1570. The molecule has 3 N–H and O–H groups in total. The number of piperidine rings is 1. The van der Waals surface area contributed by atoms with Gasteiger partial charge in [-0.15, -0.1) is 0 Å². The molecule has 1 atom stereocenters. The number of nitrogens with two attached hydrogens (primary N) is 1. The van der Waals surface area contributed by atoms with Gasteiger partial charge in [-0.25, -0.2) is 4.79 Å². The SMILES string of the molecule is Nc1c(Cl)cc(C[C@@H](CC(=O)N2CCC(N3CCc4ccccc4NC3=O)CC2)C(=O)N2CC[N+]([O-])(C3CCOCC3)CC2)cc1C(F)(F)F. The number of fused-ring (bicyclic) bond motifs is 1. The van der Waals surface area contributed by atoms with E-state index in [1.807, 2.05) is 29.2 Å². The summed E-state index contributed by atoms with van der Waals surface area (Å²) in [5.41, 5.74) is 5.97. The maximum Gasteiger partial charge on any atom is 0.418 e. The number of hydrogen-bond donors (Lipinski definition) is 2. The van der Waals surface area contributed by atoms with Gasteiger partial charge < -0.3 is 40.3 Å². The van der Waals surface area contributed by atoms with Crippen LogP contribution in [0, 0.1) is 11.1 Å². The molecule has 4 heterocycles. The number of ether oxygens (including phenoxy) is 1. The number of hydroxylamine groups is 3. The molecule has 0 aromatic heterocycles. The number of piperazine rings is 1. The van der Waals surface area contributed by atoms with E-state index >= 15 is 0 Å². The molecule has 0 aliphatic carbocycles. The van der Waals surface area contributed by atoms with Gasteiger partial charge in [-0.1, -0.05) is 29.8 Å². The number of amides is 4. The fourth-order valence-electron chi connectivity index (χ4n) is 7.87. The lowest BCUT2D eigenvalue weighted by Crippen LogP contribution is -2.63. The number of nitrogen functional groups attached to an aromatic ring is 1. The normalized spacial score (nSPS) is 21.3. The molecular formula is C35H44ClF3N6O5. The Balaban J connectivity index is 1.14. The summed E-state index contributed by atoms with van der Waals surface area (Å²) in [6.07, 6.45) is -2.02. The van der Waals surface area contributed by atoms with Crippen LogP contribution >= 0.6 is 11.6 Å². The number of quaternary nitrogens is 1. The number of halogens is 4. The number of rotatable bonds is 7. The Labute approximate surface area is 294 Å². The van der Waals surface area contributed by atoms with Crippen LogP contribution < -0.4 is 11.1 Å². The Morgan fingerprint density at radius 1 is 1.02 bits per heavy atom. The van der Waals surface area contributed by atoms with Gasteiger partial charge in [0.15, 0.2) is 0 Å². The number of hydrogen-bond acceptors (Lipinski definition) is 6. The zero-order chi connectivity index (χ0) is 35.6. The summed E-state index contributed by atoms with van der Waals surface area (Å²) < 4.78 is 46.5. The first-order valence-corrected chi connectivity index (χ1v) is 17.7. The predicted octanol–water partition coefficient (Wildman–Crippen LogP) is 4.91. The summed E-state index contributed by atoms with van der Waals surface area (Å²) in [6, 6.07) is 9.54. The van der Waals surface area contributed by atoms with E-state index in [-0.39, 0.29) is 79.5 Å². The molecule has 4 amide bonds. The molecule has 11 nitrogen and oxygen atoms in total. The molecule has 0 radical (unpaired) electrons. The van der Waals surface area contributed by atoms with Gasteiger partial charge in [-0.3, -0.25) is 9.59 Å². The van der Waals surface area contributed by atoms with Crippen molar-refractivity contribution in [3.8, 4) is 0 Å². The third kappa shape index (κ3) is 7.98. The van der Waals surface area contributed by atoms with Crippen molar-refractivity contribution in [3.05, 3.63) is 63.3 Å². The molecule has 0 unspecified atom stereocenters. The molecule has 3 fully saturated rings. The van der Waals surface area contributed by atoms with E-state index < -0.39 is 28.0 Å². The van der Waals surface area contributed by atoms with E-state index in [1.54, 1.807) is 9.80 Å². The molecule has 15 heteroatoms. The number of carbonyl (C=O) groups is 3. The monoisotopic (exact) mass is 720 g/mol. The largest absolute Gasteiger partial charge is 0.632 e. The second kappa shape index (κ2) is 14.9. The molecule has 2 aromatic rings. The summed E-state index contributed by atoms with van der Waals surface area (Å²) in [5, 5.41) is 16.4. The van der Waals surface area contributed by atoms with Crippen molar-refractivity contribution in [1.82, 2.24) is 14.7 Å². The second-order valence-electron chi connectivity index (χ2n) is 13.9. The first-order valence-electron chi connectivity index (χ1n) is 17.3. The summed E-state index contributed by atoms with van der Waals surface area (Å²) in [4.78, 5) is 46.0. The molecule has 2 aromatic carbocycles. The fraction of sp³-hybridized carbons (Fsp3) is 0.571. The lowest BCUT2D eigenvalue weighted by atomic mass is 9.91. The van der Waals surface area contributed by atoms with Gasteiger partial charge in [-0.2, -0.15) is 13.2 Å². The summed E-state index contributed by atoms with van der Waals surface area (Å²) in [7, 11) is 0. The predicted molar refractivity (Wildman–Crippen MR) is 182 cm³/mol. The van der Waals surface area contributed by atoms with E-state index in [0.29, 0.717) is 65.0 Å². The van der Waals surface area contributed by atoms with Crippen LogP contribution in [0.4, 0.5) is 29.3 Å². The van der Waals surface area contributed by atoms with Crippen molar-refractivity contribution in [3.63, 3.8) is 0 Å². The molecule has 4 aliphatic heterocycles. The number of urea groups is 1. The lowest BCUT2D eigenvalue weighted by molar-refractivity contribution is -0.910. The molecule has 0 spiro atoms. The fourth-order valence-corrected chi connectivity index (χ4v) is 8.11. The van der Waals surface area contributed by atoms with Crippen LogP contribution in [0.15, 0.2) is 36.4 Å². The van der Waals surface area contributed by atoms with Crippen LogP contribution in [0.25, 0.3) is 0 Å². The molecule has 0 bridgehead atoms. The Morgan fingerprint density at radius 3 is 2.38 bits per heavy atom.